The number of halogens is 2. The molecule has 0 radical (unpaired) electrons. The fourth-order valence-corrected chi connectivity index (χ4v) is 2.78. The zero-order chi connectivity index (χ0) is 15.4. The molecule has 116 valence electrons. The fraction of sp³-hybridized carbons (Fsp3) is 0.600. The van der Waals surface area contributed by atoms with Crippen molar-refractivity contribution >= 4 is 29.1 Å². The summed E-state index contributed by atoms with van der Waals surface area (Å²) in [6.07, 6.45) is 1.20. The van der Waals surface area contributed by atoms with Gasteiger partial charge in [-0.25, -0.2) is 4.98 Å². The van der Waals surface area contributed by atoms with E-state index in [1.807, 2.05) is 4.90 Å². The van der Waals surface area contributed by atoms with Crippen LogP contribution < -0.4 is 0 Å². The van der Waals surface area contributed by atoms with E-state index in [0.29, 0.717) is 16.6 Å². The summed E-state index contributed by atoms with van der Waals surface area (Å²) in [5, 5.41) is 0.477. The van der Waals surface area contributed by atoms with Gasteiger partial charge in [0.25, 0.3) is 5.91 Å². The normalized spacial score (nSPS) is 16.5. The van der Waals surface area contributed by atoms with Gasteiger partial charge in [-0.1, -0.05) is 37.0 Å². The molecule has 1 saturated heterocycles. The molecule has 4 nitrogen and oxygen atoms in total. The molecule has 1 aliphatic rings. The topological polar surface area (TPSA) is 36.4 Å². The molecule has 1 amide bonds. The number of pyridine rings is 1. The summed E-state index contributed by atoms with van der Waals surface area (Å²) in [5.41, 5.74) is 0.427. The number of rotatable bonds is 4. The number of hydrogen-bond donors (Lipinski definition) is 0. The maximum Gasteiger partial charge on any atom is 0.257 e. The van der Waals surface area contributed by atoms with Gasteiger partial charge in [-0.2, -0.15) is 0 Å². The van der Waals surface area contributed by atoms with Crippen LogP contribution in [0, 0.1) is 5.92 Å². The van der Waals surface area contributed by atoms with Crippen LogP contribution in [0.4, 0.5) is 0 Å². The Bertz CT molecular complexity index is 500. The van der Waals surface area contributed by atoms with E-state index in [2.05, 4.69) is 23.7 Å². The molecule has 0 N–H and O–H groups in total. The number of carbonyl (C=O) groups is 1. The zero-order valence-electron chi connectivity index (χ0n) is 12.5. The number of hydrogen-bond acceptors (Lipinski definition) is 3. The van der Waals surface area contributed by atoms with Gasteiger partial charge in [0, 0.05) is 26.2 Å². The lowest BCUT2D eigenvalue weighted by Crippen LogP contribution is -2.49. The van der Waals surface area contributed by atoms with Gasteiger partial charge in [0.15, 0.2) is 0 Å². The van der Waals surface area contributed by atoms with Gasteiger partial charge < -0.3 is 4.90 Å². The summed E-state index contributed by atoms with van der Waals surface area (Å²) < 4.78 is 0. The second-order valence-electron chi connectivity index (χ2n) is 5.79. The Kier molecular flexibility index (Phi) is 5.85. The highest BCUT2D eigenvalue weighted by Gasteiger charge is 2.24. The van der Waals surface area contributed by atoms with Crippen molar-refractivity contribution in [2.45, 2.75) is 20.3 Å². The Morgan fingerprint density at radius 3 is 2.48 bits per heavy atom. The van der Waals surface area contributed by atoms with Gasteiger partial charge in [-0.3, -0.25) is 9.69 Å². The van der Waals surface area contributed by atoms with E-state index in [-0.39, 0.29) is 11.1 Å². The van der Waals surface area contributed by atoms with E-state index < -0.39 is 0 Å². The minimum Gasteiger partial charge on any atom is -0.336 e. The van der Waals surface area contributed by atoms with Gasteiger partial charge in [0.1, 0.15) is 10.3 Å². The molecule has 1 aliphatic heterocycles. The standard InChI is InChI=1S/C15H21Cl2N3O/c1-11(2)5-6-19-7-9-20(10-8-19)15(21)12-3-4-13(16)18-14(12)17/h3-4,11H,5-10H2,1-2H3. The van der Waals surface area contributed by atoms with Crippen molar-refractivity contribution in [3.05, 3.63) is 28.0 Å². The molecular formula is C15H21Cl2N3O. The van der Waals surface area contributed by atoms with Crippen LogP contribution in [-0.4, -0.2) is 53.4 Å². The van der Waals surface area contributed by atoms with Crippen molar-refractivity contribution in [2.24, 2.45) is 5.92 Å². The monoisotopic (exact) mass is 329 g/mol. The van der Waals surface area contributed by atoms with Crippen molar-refractivity contribution in [2.75, 3.05) is 32.7 Å². The van der Waals surface area contributed by atoms with Crippen molar-refractivity contribution in [1.82, 2.24) is 14.8 Å². The van der Waals surface area contributed by atoms with Crippen LogP contribution in [0.5, 0.6) is 0 Å². The highest BCUT2D eigenvalue weighted by molar-refractivity contribution is 6.34. The van der Waals surface area contributed by atoms with Crippen LogP contribution in [-0.2, 0) is 0 Å². The van der Waals surface area contributed by atoms with Crippen LogP contribution in [0.25, 0.3) is 0 Å². The van der Waals surface area contributed by atoms with E-state index in [0.717, 1.165) is 32.7 Å². The minimum atomic E-state index is -0.0623. The van der Waals surface area contributed by atoms with E-state index in [1.54, 1.807) is 12.1 Å². The molecule has 0 aromatic carbocycles. The molecule has 1 aromatic heterocycles. The first kappa shape index (κ1) is 16.5. The third-order valence-electron chi connectivity index (χ3n) is 3.73. The van der Waals surface area contributed by atoms with Gasteiger partial charge in [0.2, 0.25) is 0 Å². The third-order valence-corrected chi connectivity index (χ3v) is 4.23. The van der Waals surface area contributed by atoms with Crippen molar-refractivity contribution in [3.8, 4) is 0 Å². The highest BCUT2D eigenvalue weighted by atomic mass is 35.5. The Balaban J connectivity index is 1.91. The SMILES string of the molecule is CC(C)CCN1CCN(C(=O)c2ccc(Cl)nc2Cl)CC1. The Morgan fingerprint density at radius 1 is 1.24 bits per heavy atom. The molecule has 2 rings (SSSR count). The number of amides is 1. The maximum atomic E-state index is 12.4. The molecule has 6 heteroatoms. The average Bonchev–Trinajstić information content (AvgIpc) is 2.45. The number of aromatic nitrogens is 1. The molecule has 0 spiro atoms. The summed E-state index contributed by atoms with van der Waals surface area (Å²) in [5.74, 6) is 0.649. The Morgan fingerprint density at radius 2 is 1.90 bits per heavy atom. The number of carbonyl (C=O) groups excluding carboxylic acids is 1. The third kappa shape index (κ3) is 4.56. The lowest BCUT2D eigenvalue weighted by atomic mass is 10.1. The fourth-order valence-electron chi connectivity index (χ4n) is 2.36. The lowest BCUT2D eigenvalue weighted by Gasteiger charge is -2.35. The second-order valence-corrected chi connectivity index (χ2v) is 6.53. The minimum absolute atomic E-state index is 0.0623. The molecule has 1 fully saturated rings. The van der Waals surface area contributed by atoms with Crippen molar-refractivity contribution < 1.29 is 4.79 Å². The van der Waals surface area contributed by atoms with E-state index in [9.17, 15) is 4.79 Å². The molecule has 0 atom stereocenters. The van der Waals surface area contributed by atoms with Crippen LogP contribution in [0.15, 0.2) is 12.1 Å². The summed E-state index contributed by atoms with van der Waals surface area (Å²) in [6.45, 7) is 8.85. The molecule has 0 aliphatic carbocycles. The second kappa shape index (κ2) is 7.43. The van der Waals surface area contributed by atoms with Crippen molar-refractivity contribution in [3.63, 3.8) is 0 Å². The molecule has 21 heavy (non-hydrogen) atoms. The van der Waals surface area contributed by atoms with Crippen LogP contribution in [0.2, 0.25) is 10.3 Å². The Labute approximate surface area is 136 Å². The van der Waals surface area contributed by atoms with Crippen LogP contribution >= 0.6 is 23.2 Å². The first-order valence-electron chi connectivity index (χ1n) is 7.31. The summed E-state index contributed by atoms with van der Waals surface area (Å²) in [6, 6.07) is 3.24. The average molecular weight is 330 g/mol. The first-order valence-corrected chi connectivity index (χ1v) is 8.06. The highest BCUT2D eigenvalue weighted by Crippen LogP contribution is 2.19. The van der Waals surface area contributed by atoms with E-state index in [1.165, 1.54) is 6.42 Å². The van der Waals surface area contributed by atoms with Gasteiger partial charge in [-0.05, 0) is 31.0 Å². The van der Waals surface area contributed by atoms with E-state index >= 15 is 0 Å². The smallest absolute Gasteiger partial charge is 0.257 e. The molecule has 2 heterocycles. The summed E-state index contributed by atoms with van der Waals surface area (Å²) in [4.78, 5) is 20.6. The Hall–Kier alpha value is -0.840. The maximum absolute atomic E-state index is 12.4. The quantitative estimate of drug-likeness (QED) is 0.796. The summed E-state index contributed by atoms with van der Waals surface area (Å²) in [7, 11) is 0. The van der Waals surface area contributed by atoms with Crippen molar-refractivity contribution in [1.29, 1.82) is 0 Å². The summed E-state index contributed by atoms with van der Waals surface area (Å²) >= 11 is 11.8. The van der Waals surface area contributed by atoms with Crippen LogP contribution in [0.3, 0.4) is 0 Å². The molecule has 1 aromatic rings. The first-order chi connectivity index (χ1) is 9.97. The molecule has 0 unspecified atom stereocenters. The molecule has 0 bridgehead atoms. The predicted octanol–water partition coefficient (Wildman–Crippen LogP) is 3.19. The van der Waals surface area contributed by atoms with Crippen LogP contribution in [0.1, 0.15) is 30.6 Å². The molecule has 0 saturated carbocycles. The molecular weight excluding hydrogens is 309 g/mol. The largest absolute Gasteiger partial charge is 0.336 e. The predicted molar refractivity (Wildman–Crippen MR) is 86.1 cm³/mol. The lowest BCUT2D eigenvalue weighted by molar-refractivity contribution is 0.0631. The zero-order valence-corrected chi connectivity index (χ0v) is 14.0. The van der Waals surface area contributed by atoms with Gasteiger partial charge in [0.05, 0.1) is 5.56 Å². The van der Waals surface area contributed by atoms with Gasteiger partial charge in [-0.15, -0.1) is 0 Å². The number of piperazine rings is 1. The number of nitrogens with zero attached hydrogens (tertiary/aromatic N) is 3. The van der Waals surface area contributed by atoms with Gasteiger partial charge >= 0.3 is 0 Å². The van der Waals surface area contributed by atoms with E-state index in [4.69, 9.17) is 23.2 Å².